The van der Waals surface area contributed by atoms with Gasteiger partial charge in [-0.1, -0.05) is 36.4 Å². The predicted molar refractivity (Wildman–Crippen MR) is 129 cm³/mol. The highest BCUT2D eigenvalue weighted by atomic mass is 16.5. The molecule has 0 radical (unpaired) electrons. The molecule has 3 aliphatic rings. The van der Waals surface area contributed by atoms with Gasteiger partial charge >= 0.3 is 5.97 Å². The molecule has 3 aromatic rings. The number of aromatic nitrogens is 1. The summed E-state index contributed by atoms with van der Waals surface area (Å²) in [4.78, 5) is 40.9. The van der Waals surface area contributed by atoms with Crippen molar-refractivity contribution in [2.45, 2.75) is 56.6 Å². The van der Waals surface area contributed by atoms with Crippen molar-refractivity contribution < 1.29 is 24.2 Å². The van der Waals surface area contributed by atoms with Crippen LogP contribution in [-0.4, -0.2) is 45.5 Å². The van der Waals surface area contributed by atoms with Crippen molar-refractivity contribution in [2.75, 3.05) is 13.2 Å². The van der Waals surface area contributed by atoms with Crippen molar-refractivity contribution in [3.63, 3.8) is 0 Å². The fraction of sp³-hybridized carbons (Fsp3) is 0.393. The highest BCUT2D eigenvalue weighted by Crippen LogP contribution is 2.52. The molecule has 180 valence electrons. The Morgan fingerprint density at radius 2 is 1.71 bits per heavy atom. The molecule has 0 spiro atoms. The number of hydrogen-bond donors (Lipinski definition) is 1. The number of nitrogens with zero attached hydrogens (tertiary/aromatic N) is 2. The number of aryl methyl sites for hydroxylation is 1. The maximum Gasteiger partial charge on any atom is 0.305 e. The maximum atomic E-state index is 13.6. The van der Waals surface area contributed by atoms with E-state index in [0.717, 1.165) is 35.0 Å². The average Bonchev–Trinajstić information content (AvgIpc) is 3.32. The van der Waals surface area contributed by atoms with Crippen LogP contribution in [0.15, 0.2) is 48.5 Å². The SMILES string of the molecule is O=C1CCCC(=O)n2c3c(c4ccccc42)CCC[C@H]3[C@]2(O)c3ccccc3C(=O)N2CCCO1. The summed E-state index contributed by atoms with van der Waals surface area (Å²) >= 11 is 0. The summed E-state index contributed by atoms with van der Waals surface area (Å²) in [5.41, 5.74) is 2.16. The van der Waals surface area contributed by atoms with Crippen LogP contribution >= 0.6 is 0 Å². The summed E-state index contributed by atoms with van der Waals surface area (Å²) in [5.74, 6) is -1.14. The van der Waals surface area contributed by atoms with Crippen molar-refractivity contribution in [3.05, 3.63) is 70.9 Å². The van der Waals surface area contributed by atoms with Crippen molar-refractivity contribution >= 4 is 28.7 Å². The van der Waals surface area contributed by atoms with Gasteiger partial charge in [0.25, 0.3) is 5.91 Å². The molecule has 7 nitrogen and oxygen atoms in total. The van der Waals surface area contributed by atoms with Gasteiger partial charge in [0.15, 0.2) is 5.72 Å². The molecular formula is C28H28N2O5. The van der Waals surface area contributed by atoms with Gasteiger partial charge in [-0.3, -0.25) is 19.0 Å². The van der Waals surface area contributed by atoms with Crippen molar-refractivity contribution in [1.82, 2.24) is 9.47 Å². The summed E-state index contributed by atoms with van der Waals surface area (Å²) < 4.78 is 7.10. The van der Waals surface area contributed by atoms with E-state index in [4.69, 9.17) is 4.74 Å². The van der Waals surface area contributed by atoms with Gasteiger partial charge in [-0.05, 0) is 49.8 Å². The molecule has 1 aromatic heterocycles. The first-order chi connectivity index (χ1) is 17.0. The summed E-state index contributed by atoms with van der Waals surface area (Å²) in [6.45, 7) is 0.413. The van der Waals surface area contributed by atoms with Crippen LogP contribution in [0.3, 0.4) is 0 Å². The number of amides is 1. The van der Waals surface area contributed by atoms with E-state index in [0.29, 0.717) is 30.4 Å². The lowest BCUT2D eigenvalue weighted by molar-refractivity contribution is -0.144. The van der Waals surface area contributed by atoms with Crippen LogP contribution in [0.25, 0.3) is 10.9 Å². The van der Waals surface area contributed by atoms with E-state index < -0.39 is 11.6 Å². The third-order valence-corrected chi connectivity index (χ3v) is 7.78. The Hall–Kier alpha value is -3.45. The minimum absolute atomic E-state index is 0.105. The monoisotopic (exact) mass is 472 g/mol. The predicted octanol–water partition coefficient (Wildman–Crippen LogP) is 4.12. The number of ether oxygens (including phenoxy) is 1. The van der Waals surface area contributed by atoms with Gasteiger partial charge in [-0.2, -0.15) is 0 Å². The van der Waals surface area contributed by atoms with Gasteiger partial charge in [0.05, 0.1) is 18.0 Å². The van der Waals surface area contributed by atoms with Crippen LogP contribution in [-0.2, 0) is 21.7 Å². The fourth-order valence-corrected chi connectivity index (χ4v) is 6.30. The Labute approximate surface area is 203 Å². The van der Waals surface area contributed by atoms with Gasteiger partial charge in [0.1, 0.15) is 0 Å². The van der Waals surface area contributed by atoms with Crippen LogP contribution in [0.1, 0.15) is 76.4 Å². The molecule has 2 atom stereocenters. The lowest BCUT2D eigenvalue weighted by Gasteiger charge is -2.43. The Morgan fingerprint density at radius 3 is 2.60 bits per heavy atom. The van der Waals surface area contributed by atoms with E-state index >= 15 is 0 Å². The molecule has 2 aromatic carbocycles. The molecule has 35 heavy (non-hydrogen) atoms. The Balaban J connectivity index is 1.60. The molecule has 2 aliphatic heterocycles. The lowest BCUT2D eigenvalue weighted by Crippen LogP contribution is -2.50. The highest BCUT2D eigenvalue weighted by molar-refractivity contribution is 6.00. The number of benzene rings is 2. The van der Waals surface area contributed by atoms with Crippen LogP contribution in [0, 0.1) is 0 Å². The number of esters is 1. The van der Waals surface area contributed by atoms with Gasteiger partial charge < -0.3 is 14.7 Å². The number of carbonyl (C=O) groups is 3. The highest BCUT2D eigenvalue weighted by Gasteiger charge is 2.55. The normalized spacial score (nSPS) is 25.0. The fourth-order valence-electron chi connectivity index (χ4n) is 6.30. The van der Waals surface area contributed by atoms with Crippen molar-refractivity contribution in [2.24, 2.45) is 0 Å². The number of aliphatic hydroxyl groups is 1. The van der Waals surface area contributed by atoms with Crippen LogP contribution < -0.4 is 0 Å². The molecule has 1 N–H and O–H groups in total. The number of carbonyl (C=O) groups excluding carboxylic acids is 3. The molecule has 6 rings (SSSR count). The molecule has 0 bridgehead atoms. The van der Waals surface area contributed by atoms with E-state index in [2.05, 4.69) is 0 Å². The standard InChI is InChI=1S/C28H28N2O5/c31-24-14-6-15-25(32)35-17-7-16-29-27(33)20-9-1-3-11-21(20)28(29,34)22-12-5-10-19-18-8-2-4-13-23(18)30(24)26(19)22/h1-4,8-9,11,13,22,34H,5-7,10,12,14-17H2/t22-,28-/m1/s1. The third-order valence-electron chi connectivity index (χ3n) is 7.78. The summed E-state index contributed by atoms with van der Waals surface area (Å²) in [6, 6.07) is 15.1. The molecule has 0 unspecified atom stereocenters. The third kappa shape index (κ3) is 3.25. The van der Waals surface area contributed by atoms with Gasteiger partial charge in [0, 0.05) is 41.6 Å². The largest absolute Gasteiger partial charge is 0.466 e. The first-order valence-electron chi connectivity index (χ1n) is 12.5. The second-order valence-corrected chi connectivity index (χ2v) is 9.71. The summed E-state index contributed by atoms with van der Waals surface area (Å²) in [5, 5.41) is 13.6. The van der Waals surface area contributed by atoms with E-state index in [-0.39, 0.29) is 43.8 Å². The zero-order valence-corrected chi connectivity index (χ0v) is 19.5. The van der Waals surface area contributed by atoms with E-state index in [9.17, 15) is 19.5 Å². The Morgan fingerprint density at radius 1 is 0.914 bits per heavy atom. The Bertz CT molecular complexity index is 1360. The smallest absolute Gasteiger partial charge is 0.305 e. The lowest BCUT2D eigenvalue weighted by atomic mass is 9.77. The molecule has 0 fully saturated rings. The van der Waals surface area contributed by atoms with Crippen molar-refractivity contribution in [1.29, 1.82) is 0 Å². The molecule has 1 amide bonds. The minimum atomic E-state index is -1.59. The van der Waals surface area contributed by atoms with Gasteiger partial charge in [-0.15, -0.1) is 0 Å². The molecule has 0 saturated heterocycles. The average molecular weight is 473 g/mol. The van der Waals surface area contributed by atoms with Crippen LogP contribution in [0.2, 0.25) is 0 Å². The van der Waals surface area contributed by atoms with E-state index in [1.807, 2.05) is 36.4 Å². The first kappa shape index (κ1) is 22.0. The molecule has 7 heteroatoms. The van der Waals surface area contributed by atoms with Gasteiger partial charge in [0.2, 0.25) is 5.91 Å². The Kier molecular flexibility index (Phi) is 5.25. The summed E-state index contributed by atoms with van der Waals surface area (Å²) in [7, 11) is 0. The number of fused-ring (bicyclic) bond motifs is 7. The summed E-state index contributed by atoms with van der Waals surface area (Å²) in [6.07, 6.45) is 3.52. The van der Waals surface area contributed by atoms with Crippen LogP contribution in [0.4, 0.5) is 0 Å². The zero-order valence-electron chi connectivity index (χ0n) is 19.5. The van der Waals surface area contributed by atoms with Crippen molar-refractivity contribution in [3.8, 4) is 0 Å². The molecule has 3 heterocycles. The number of rotatable bonds is 0. The molecule has 1 aliphatic carbocycles. The quantitative estimate of drug-likeness (QED) is 0.497. The topological polar surface area (TPSA) is 88.8 Å². The molecular weight excluding hydrogens is 444 g/mol. The van der Waals surface area contributed by atoms with E-state index in [1.54, 1.807) is 16.7 Å². The number of hydrogen-bond acceptors (Lipinski definition) is 5. The number of para-hydroxylation sites is 1. The number of cyclic esters (lactones) is 1. The zero-order chi connectivity index (χ0) is 24.2. The second kappa shape index (κ2) is 8.34. The first-order valence-corrected chi connectivity index (χ1v) is 12.5. The van der Waals surface area contributed by atoms with E-state index in [1.165, 1.54) is 4.90 Å². The maximum absolute atomic E-state index is 13.6. The minimum Gasteiger partial charge on any atom is -0.466 e. The molecule has 0 saturated carbocycles. The van der Waals surface area contributed by atoms with Crippen LogP contribution in [0.5, 0.6) is 0 Å². The van der Waals surface area contributed by atoms with Gasteiger partial charge in [-0.25, -0.2) is 0 Å². The second-order valence-electron chi connectivity index (χ2n) is 9.71.